The Morgan fingerprint density at radius 3 is 2.75 bits per heavy atom. The summed E-state index contributed by atoms with van der Waals surface area (Å²) in [5.74, 6) is -2.15. The second-order valence-corrected chi connectivity index (χ2v) is 3.71. The number of aromatic hydroxyl groups is 2. The van der Waals surface area contributed by atoms with Crippen LogP contribution in [0.15, 0.2) is 12.1 Å². The smallest absolute Gasteiger partial charge is 0.346 e. The van der Waals surface area contributed by atoms with E-state index in [1.807, 2.05) is 0 Å². The molecule has 0 spiro atoms. The number of hydrogen-bond donors (Lipinski definition) is 2. The first-order valence-corrected chi connectivity index (χ1v) is 4.96. The van der Waals surface area contributed by atoms with Crippen LogP contribution >= 0.6 is 0 Å². The normalized spacial score (nSPS) is 23.8. The Morgan fingerprint density at radius 2 is 2.12 bits per heavy atom. The van der Waals surface area contributed by atoms with Crippen LogP contribution in [0.5, 0.6) is 17.2 Å². The van der Waals surface area contributed by atoms with E-state index >= 15 is 0 Å². The third-order valence-electron chi connectivity index (χ3n) is 2.70. The summed E-state index contributed by atoms with van der Waals surface area (Å²) in [6, 6.07) is 2.30. The van der Waals surface area contributed by atoms with E-state index in [1.54, 1.807) is 6.92 Å². The maximum Gasteiger partial charge on any atom is 0.346 e. The van der Waals surface area contributed by atoms with Gasteiger partial charge in [0.05, 0.1) is 0 Å². The van der Waals surface area contributed by atoms with Crippen molar-refractivity contribution in [3.8, 4) is 17.2 Å². The highest BCUT2D eigenvalue weighted by molar-refractivity contribution is 5.82. The Labute approximate surface area is 91.3 Å². The molecule has 86 valence electrons. The molecule has 1 aliphatic heterocycles. The monoisotopic (exact) mass is 226 g/mol. The third kappa shape index (κ3) is 1.48. The Morgan fingerprint density at radius 1 is 1.44 bits per heavy atom. The van der Waals surface area contributed by atoms with Gasteiger partial charge in [-0.1, -0.05) is 6.92 Å². The fourth-order valence-electron chi connectivity index (χ4n) is 1.94. The first-order chi connectivity index (χ1) is 7.54. The molecule has 0 aliphatic carbocycles. The number of ether oxygens (including phenoxy) is 1. The highest BCUT2D eigenvalue weighted by Crippen LogP contribution is 2.44. The van der Waals surface area contributed by atoms with Crippen molar-refractivity contribution in [2.45, 2.75) is 25.4 Å². The molecule has 2 atom stereocenters. The molecular weight excluding hydrogens is 215 g/mol. The van der Waals surface area contributed by atoms with Crippen molar-refractivity contribution in [1.29, 1.82) is 0 Å². The van der Waals surface area contributed by atoms with Crippen LogP contribution in [0.1, 0.15) is 24.8 Å². The molecule has 0 aromatic heterocycles. The van der Waals surface area contributed by atoms with Gasteiger partial charge < -0.3 is 14.9 Å². The molecule has 0 saturated carbocycles. The highest BCUT2D eigenvalue weighted by Gasteiger charge is 2.39. The number of phenols is 2. The van der Waals surface area contributed by atoms with Gasteiger partial charge in [-0.05, 0) is 6.42 Å². The van der Waals surface area contributed by atoms with Gasteiger partial charge in [-0.25, -0.2) is 9.18 Å². The topological polar surface area (TPSA) is 66.8 Å². The maximum atomic E-state index is 13.6. The molecular formula is C11H11FO4. The molecule has 0 amide bonds. The number of hydrogen-bond acceptors (Lipinski definition) is 4. The quantitative estimate of drug-likeness (QED) is 0.566. The molecule has 1 heterocycles. The fourth-order valence-corrected chi connectivity index (χ4v) is 1.94. The lowest BCUT2D eigenvalue weighted by atomic mass is 9.88. The first-order valence-electron chi connectivity index (χ1n) is 4.96. The molecule has 0 fully saturated rings. The Balaban J connectivity index is 2.59. The van der Waals surface area contributed by atoms with Gasteiger partial charge in [0.25, 0.3) is 0 Å². The predicted molar refractivity (Wildman–Crippen MR) is 53.3 cm³/mol. The van der Waals surface area contributed by atoms with Gasteiger partial charge in [0.15, 0.2) is 0 Å². The number of carbonyl (C=O) groups excluding carboxylic acids is 1. The zero-order chi connectivity index (χ0) is 11.9. The van der Waals surface area contributed by atoms with E-state index in [4.69, 9.17) is 4.74 Å². The minimum Gasteiger partial charge on any atom is -0.508 e. The largest absolute Gasteiger partial charge is 0.508 e. The molecule has 4 nitrogen and oxygen atoms in total. The lowest BCUT2D eigenvalue weighted by Gasteiger charge is -2.27. The van der Waals surface area contributed by atoms with Gasteiger partial charge in [0, 0.05) is 23.6 Å². The Hall–Kier alpha value is -1.78. The maximum absolute atomic E-state index is 13.6. The third-order valence-corrected chi connectivity index (χ3v) is 2.70. The fraction of sp³-hybridized carbons (Fsp3) is 0.364. The number of halogens is 1. The van der Waals surface area contributed by atoms with E-state index in [0.29, 0.717) is 6.42 Å². The number of carbonyl (C=O) groups is 1. The summed E-state index contributed by atoms with van der Waals surface area (Å²) in [5.41, 5.74) is 0.243. The molecule has 1 aromatic carbocycles. The number of rotatable bonds is 1. The van der Waals surface area contributed by atoms with Crippen molar-refractivity contribution < 1.29 is 24.1 Å². The lowest BCUT2D eigenvalue weighted by molar-refractivity contribution is -0.142. The lowest BCUT2D eigenvalue weighted by Crippen LogP contribution is -2.33. The van der Waals surface area contributed by atoms with Gasteiger partial charge in [-0.15, -0.1) is 0 Å². The molecule has 0 radical (unpaired) electrons. The molecule has 1 aromatic rings. The minimum absolute atomic E-state index is 0.0308. The van der Waals surface area contributed by atoms with Gasteiger partial charge in [-0.3, -0.25) is 0 Å². The van der Waals surface area contributed by atoms with Crippen molar-refractivity contribution in [3.63, 3.8) is 0 Å². The van der Waals surface area contributed by atoms with Crippen LogP contribution in [0.4, 0.5) is 4.39 Å². The molecule has 2 unspecified atom stereocenters. The second-order valence-electron chi connectivity index (χ2n) is 3.71. The zero-order valence-electron chi connectivity index (χ0n) is 8.61. The average molecular weight is 226 g/mol. The molecule has 2 rings (SSSR count). The van der Waals surface area contributed by atoms with E-state index in [2.05, 4.69) is 0 Å². The first kappa shape index (κ1) is 10.7. The van der Waals surface area contributed by atoms with Crippen molar-refractivity contribution in [2.75, 3.05) is 0 Å². The summed E-state index contributed by atoms with van der Waals surface area (Å²) in [6.07, 6.45) is -1.41. The SMILES string of the molecule is CCC1c2c(O)cc(O)cc2OC(=O)C1F. The summed E-state index contributed by atoms with van der Waals surface area (Å²) >= 11 is 0. The van der Waals surface area contributed by atoms with E-state index in [0.717, 1.165) is 6.07 Å². The summed E-state index contributed by atoms with van der Waals surface area (Å²) in [5, 5.41) is 18.9. The standard InChI is InChI=1S/C11H11FO4/c1-2-6-9-7(14)3-5(13)4-8(9)16-11(15)10(6)12/h3-4,6,10,13-14H,2H2,1H3. The van der Waals surface area contributed by atoms with Crippen LogP contribution in [0.3, 0.4) is 0 Å². The van der Waals surface area contributed by atoms with E-state index in [9.17, 15) is 19.4 Å². The van der Waals surface area contributed by atoms with Gasteiger partial charge in [-0.2, -0.15) is 0 Å². The number of alkyl halides is 1. The van der Waals surface area contributed by atoms with E-state index in [-0.39, 0.29) is 22.8 Å². The summed E-state index contributed by atoms with van der Waals surface area (Å²) in [7, 11) is 0. The van der Waals surface area contributed by atoms with Crippen LogP contribution < -0.4 is 4.74 Å². The van der Waals surface area contributed by atoms with Crippen molar-refractivity contribution >= 4 is 5.97 Å². The highest BCUT2D eigenvalue weighted by atomic mass is 19.1. The van der Waals surface area contributed by atoms with Gasteiger partial charge in [0.2, 0.25) is 6.17 Å². The number of fused-ring (bicyclic) bond motifs is 1. The molecule has 1 aliphatic rings. The molecule has 16 heavy (non-hydrogen) atoms. The molecule has 0 saturated heterocycles. The number of phenolic OH excluding ortho intramolecular Hbond substituents is 2. The summed E-state index contributed by atoms with van der Waals surface area (Å²) in [6.45, 7) is 1.71. The summed E-state index contributed by atoms with van der Waals surface area (Å²) in [4.78, 5) is 11.2. The van der Waals surface area contributed by atoms with E-state index in [1.165, 1.54) is 6.07 Å². The van der Waals surface area contributed by atoms with Gasteiger partial charge >= 0.3 is 5.97 Å². The predicted octanol–water partition coefficient (Wildman–Crippen LogP) is 1.85. The van der Waals surface area contributed by atoms with Crippen molar-refractivity contribution in [2.24, 2.45) is 0 Å². The van der Waals surface area contributed by atoms with Crippen LogP contribution in [0, 0.1) is 0 Å². The van der Waals surface area contributed by atoms with Crippen molar-refractivity contribution in [1.82, 2.24) is 0 Å². The molecule has 2 N–H and O–H groups in total. The van der Waals surface area contributed by atoms with Crippen LogP contribution in [0.2, 0.25) is 0 Å². The van der Waals surface area contributed by atoms with Crippen LogP contribution in [-0.4, -0.2) is 22.4 Å². The minimum atomic E-state index is -1.77. The Kier molecular flexibility index (Phi) is 2.46. The number of benzene rings is 1. The van der Waals surface area contributed by atoms with Gasteiger partial charge in [0.1, 0.15) is 17.2 Å². The Bertz CT molecular complexity index is 444. The second kappa shape index (κ2) is 3.66. The average Bonchev–Trinajstić information content (AvgIpc) is 2.20. The number of esters is 1. The van der Waals surface area contributed by atoms with Crippen LogP contribution in [0.25, 0.3) is 0 Å². The molecule has 5 heteroatoms. The molecule has 0 bridgehead atoms. The van der Waals surface area contributed by atoms with E-state index < -0.39 is 18.1 Å². The van der Waals surface area contributed by atoms with Crippen molar-refractivity contribution in [3.05, 3.63) is 17.7 Å². The summed E-state index contributed by atoms with van der Waals surface area (Å²) < 4.78 is 18.3. The van der Waals surface area contributed by atoms with Crippen LogP contribution in [-0.2, 0) is 4.79 Å². The zero-order valence-corrected chi connectivity index (χ0v) is 8.61.